The third kappa shape index (κ3) is 2.91. The van der Waals surface area contributed by atoms with Crippen molar-refractivity contribution in [3.63, 3.8) is 0 Å². The Labute approximate surface area is 153 Å². The smallest absolute Gasteiger partial charge is 0.227 e. The Hall–Kier alpha value is -2.66. The molecule has 0 saturated carbocycles. The topological polar surface area (TPSA) is 55.1 Å². The van der Waals surface area contributed by atoms with Crippen molar-refractivity contribution in [2.45, 2.75) is 13.3 Å². The van der Waals surface area contributed by atoms with Crippen molar-refractivity contribution in [3.8, 4) is 11.5 Å². The van der Waals surface area contributed by atoms with Crippen molar-refractivity contribution < 1.29 is 9.21 Å². The van der Waals surface area contributed by atoms with Crippen LogP contribution >= 0.6 is 15.9 Å². The van der Waals surface area contributed by atoms with E-state index in [4.69, 9.17) is 4.42 Å². The number of benzene rings is 3. The van der Waals surface area contributed by atoms with Gasteiger partial charge in [-0.1, -0.05) is 47.1 Å². The van der Waals surface area contributed by atoms with Crippen molar-refractivity contribution in [2.24, 2.45) is 0 Å². The maximum Gasteiger partial charge on any atom is 0.227 e. The van der Waals surface area contributed by atoms with Gasteiger partial charge in [0.05, 0.1) is 0 Å². The van der Waals surface area contributed by atoms with E-state index in [1.54, 1.807) is 0 Å². The molecule has 124 valence electrons. The van der Waals surface area contributed by atoms with Crippen LogP contribution in [-0.4, -0.2) is 10.9 Å². The van der Waals surface area contributed by atoms with Crippen LogP contribution in [0.1, 0.15) is 13.3 Å². The first kappa shape index (κ1) is 15.8. The molecule has 0 fully saturated rings. The zero-order chi connectivity index (χ0) is 17.4. The first-order valence-corrected chi connectivity index (χ1v) is 8.83. The predicted molar refractivity (Wildman–Crippen MR) is 104 cm³/mol. The quantitative estimate of drug-likeness (QED) is 0.480. The van der Waals surface area contributed by atoms with E-state index < -0.39 is 0 Å². The van der Waals surface area contributed by atoms with Crippen LogP contribution in [0.4, 0.5) is 5.69 Å². The molecule has 4 aromatic rings. The first-order valence-electron chi connectivity index (χ1n) is 8.04. The number of rotatable bonds is 3. The highest BCUT2D eigenvalue weighted by molar-refractivity contribution is 9.10. The zero-order valence-electron chi connectivity index (χ0n) is 13.5. The van der Waals surface area contributed by atoms with Gasteiger partial charge in [0.1, 0.15) is 5.52 Å². The second-order valence-electron chi connectivity index (χ2n) is 5.74. The van der Waals surface area contributed by atoms with E-state index in [0.717, 1.165) is 32.0 Å². The van der Waals surface area contributed by atoms with Crippen LogP contribution < -0.4 is 5.32 Å². The molecular weight excluding hydrogens is 380 g/mol. The molecule has 1 aromatic heterocycles. The molecule has 3 aromatic carbocycles. The van der Waals surface area contributed by atoms with Crippen molar-refractivity contribution >= 4 is 49.4 Å². The van der Waals surface area contributed by atoms with Gasteiger partial charge in [0, 0.05) is 22.1 Å². The Balaban J connectivity index is 1.83. The number of carbonyl (C=O) groups is 1. The van der Waals surface area contributed by atoms with Crippen molar-refractivity contribution in [2.75, 3.05) is 5.32 Å². The summed E-state index contributed by atoms with van der Waals surface area (Å²) in [5.74, 6) is 0.541. The van der Waals surface area contributed by atoms with Gasteiger partial charge in [0.2, 0.25) is 11.8 Å². The monoisotopic (exact) mass is 394 g/mol. The first-order chi connectivity index (χ1) is 12.2. The van der Waals surface area contributed by atoms with E-state index in [-0.39, 0.29) is 5.91 Å². The van der Waals surface area contributed by atoms with Gasteiger partial charge < -0.3 is 9.73 Å². The number of aromatic nitrogens is 1. The minimum Gasteiger partial charge on any atom is -0.436 e. The number of amides is 1. The van der Waals surface area contributed by atoms with Crippen LogP contribution in [0.5, 0.6) is 0 Å². The highest BCUT2D eigenvalue weighted by atomic mass is 79.9. The van der Waals surface area contributed by atoms with Gasteiger partial charge in [-0.15, -0.1) is 0 Å². The van der Waals surface area contributed by atoms with Gasteiger partial charge in [-0.05, 0) is 41.1 Å². The molecule has 0 spiro atoms. The van der Waals surface area contributed by atoms with E-state index in [1.165, 1.54) is 0 Å². The maximum absolute atomic E-state index is 11.6. The fraction of sp³-hybridized carbons (Fsp3) is 0.100. The molecule has 0 bridgehead atoms. The Bertz CT molecular complexity index is 1100. The van der Waals surface area contributed by atoms with Crippen LogP contribution in [0.25, 0.3) is 33.3 Å². The lowest BCUT2D eigenvalue weighted by Crippen LogP contribution is -2.08. The molecule has 1 N–H and O–H groups in total. The van der Waals surface area contributed by atoms with E-state index >= 15 is 0 Å². The Morgan fingerprint density at radius 2 is 1.92 bits per heavy atom. The van der Waals surface area contributed by atoms with Crippen molar-refractivity contribution in [1.29, 1.82) is 0 Å². The molecule has 25 heavy (non-hydrogen) atoms. The molecule has 0 unspecified atom stereocenters. The van der Waals surface area contributed by atoms with Crippen LogP contribution in [0.3, 0.4) is 0 Å². The molecule has 4 rings (SSSR count). The number of hydrogen-bond donors (Lipinski definition) is 1. The standard InChI is InChI=1S/C20H15BrN2O2/c1-2-19(24)22-12-9-10-18-17(11-12)23-20(25-18)15-7-3-6-14-13(15)5-4-8-16(14)21/h3-11H,2H2,1H3,(H,22,24). The van der Waals surface area contributed by atoms with E-state index in [0.29, 0.717) is 17.9 Å². The molecule has 0 radical (unpaired) electrons. The summed E-state index contributed by atoms with van der Waals surface area (Å²) in [6, 6.07) is 17.6. The number of oxazole rings is 1. The van der Waals surface area contributed by atoms with Crippen molar-refractivity contribution in [1.82, 2.24) is 4.98 Å². The number of carbonyl (C=O) groups excluding carboxylic acids is 1. The predicted octanol–water partition coefficient (Wildman–Crippen LogP) is 5.76. The number of halogens is 1. The second-order valence-corrected chi connectivity index (χ2v) is 6.60. The van der Waals surface area contributed by atoms with Crippen LogP contribution in [0.2, 0.25) is 0 Å². The van der Waals surface area contributed by atoms with Crippen molar-refractivity contribution in [3.05, 3.63) is 59.1 Å². The Morgan fingerprint density at radius 1 is 1.12 bits per heavy atom. The molecule has 0 saturated heterocycles. The van der Waals surface area contributed by atoms with Crippen LogP contribution in [-0.2, 0) is 4.79 Å². The highest BCUT2D eigenvalue weighted by Gasteiger charge is 2.13. The van der Waals surface area contributed by atoms with E-state index in [1.807, 2.05) is 49.4 Å². The average Bonchev–Trinajstić information content (AvgIpc) is 3.04. The summed E-state index contributed by atoms with van der Waals surface area (Å²) >= 11 is 3.59. The molecular formula is C20H15BrN2O2. The third-order valence-electron chi connectivity index (χ3n) is 4.09. The minimum atomic E-state index is -0.0260. The SMILES string of the molecule is CCC(=O)Nc1ccc2oc(-c3cccc4c(Br)cccc34)nc2c1. The summed E-state index contributed by atoms with van der Waals surface area (Å²) < 4.78 is 6.98. The number of anilines is 1. The second kappa shape index (κ2) is 6.33. The number of fused-ring (bicyclic) bond motifs is 2. The lowest BCUT2D eigenvalue weighted by molar-refractivity contribution is -0.115. The summed E-state index contributed by atoms with van der Waals surface area (Å²) in [5, 5.41) is 5.02. The van der Waals surface area contributed by atoms with Crippen LogP contribution in [0.15, 0.2) is 63.5 Å². The average molecular weight is 395 g/mol. The molecule has 5 heteroatoms. The lowest BCUT2D eigenvalue weighted by Gasteiger charge is -2.04. The van der Waals surface area contributed by atoms with Gasteiger partial charge in [0.25, 0.3) is 0 Å². The molecule has 1 amide bonds. The Kier molecular flexibility index (Phi) is 4.01. The summed E-state index contributed by atoms with van der Waals surface area (Å²) in [6.07, 6.45) is 0.437. The highest BCUT2D eigenvalue weighted by Crippen LogP contribution is 2.34. The van der Waals surface area contributed by atoms with Gasteiger partial charge in [-0.25, -0.2) is 4.98 Å². The molecule has 0 aliphatic carbocycles. The molecule has 0 aliphatic heterocycles. The normalized spacial score (nSPS) is 11.1. The minimum absolute atomic E-state index is 0.0260. The number of nitrogens with one attached hydrogen (secondary N) is 1. The molecule has 0 atom stereocenters. The van der Waals surface area contributed by atoms with E-state index in [2.05, 4.69) is 38.4 Å². The molecule has 0 aliphatic rings. The third-order valence-corrected chi connectivity index (χ3v) is 4.78. The summed E-state index contributed by atoms with van der Waals surface area (Å²) in [4.78, 5) is 16.2. The van der Waals surface area contributed by atoms with Gasteiger partial charge in [0.15, 0.2) is 5.58 Å². The number of nitrogens with zero attached hydrogens (tertiary/aromatic N) is 1. The Morgan fingerprint density at radius 3 is 2.76 bits per heavy atom. The number of hydrogen-bond acceptors (Lipinski definition) is 3. The maximum atomic E-state index is 11.6. The fourth-order valence-corrected chi connectivity index (χ4v) is 3.33. The van der Waals surface area contributed by atoms with E-state index in [9.17, 15) is 4.79 Å². The fourth-order valence-electron chi connectivity index (χ4n) is 2.83. The van der Waals surface area contributed by atoms with Gasteiger partial charge >= 0.3 is 0 Å². The molecule has 1 heterocycles. The summed E-state index contributed by atoms with van der Waals surface area (Å²) in [6.45, 7) is 1.82. The molecule has 4 nitrogen and oxygen atoms in total. The van der Waals surface area contributed by atoms with Gasteiger partial charge in [-0.3, -0.25) is 4.79 Å². The summed E-state index contributed by atoms with van der Waals surface area (Å²) in [7, 11) is 0. The summed E-state index contributed by atoms with van der Waals surface area (Å²) in [5.41, 5.74) is 3.07. The lowest BCUT2D eigenvalue weighted by atomic mass is 10.0. The zero-order valence-corrected chi connectivity index (χ0v) is 15.1. The van der Waals surface area contributed by atoms with Crippen LogP contribution in [0, 0.1) is 0 Å². The van der Waals surface area contributed by atoms with Gasteiger partial charge in [-0.2, -0.15) is 0 Å². The largest absolute Gasteiger partial charge is 0.436 e.